The number of hydrogen-bond donors (Lipinski definition) is 0. The van der Waals surface area contributed by atoms with Gasteiger partial charge in [-0.3, -0.25) is 0 Å². The predicted molar refractivity (Wildman–Crippen MR) is 87.5 cm³/mol. The van der Waals surface area contributed by atoms with Gasteiger partial charge in [-0.25, -0.2) is 0 Å². The second-order valence-electron chi connectivity index (χ2n) is 4.99. The van der Waals surface area contributed by atoms with Crippen molar-refractivity contribution in [2.75, 3.05) is 13.2 Å². The summed E-state index contributed by atoms with van der Waals surface area (Å²) in [5.41, 5.74) is 0. The molecule has 0 saturated carbocycles. The van der Waals surface area contributed by atoms with Gasteiger partial charge in [-0.2, -0.15) is 6.42 Å². The topological polar surface area (TPSA) is 9.23 Å². The molecule has 0 aromatic carbocycles. The minimum Gasteiger partial charge on any atom is -1.00 e. The number of rotatable bonds is 14. The van der Waals surface area contributed by atoms with E-state index < -0.39 is 0 Å². The largest absolute Gasteiger partial charge is 2.00 e. The van der Waals surface area contributed by atoms with E-state index in [1.165, 1.54) is 51.4 Å². The average molecular weight is 358 g/mol. The van der Waals surface area contributed by atoms with Crippen LogP contribution in [-0.4, -0.2) is 36.3 Å². The van der Waals surface area contributed by atoms with E-state index in [4.69, 9.17) is 4.74 Å². The predicted octanol–water partition coefficient (Wildman–Crippen LogP) is 2.33. The van der Waals surface area contributed by atoms with Crippen molar-refractivity contribution < 1.29 is 21.7 Å². The molecule has 0 heterocycles. The molecule has 0 aromatic heterocycles. The molecule has 1 nitrogen and oxygen atoms in total. The van der Waals surface area contributed by atoms with Crippen LogP contribution in [-0.2, 0) is 4.74 Å². The molecule has 0 atom stereocenters. The third-order valence-corrected chi connectivity index (χ3v) is 3.14. The maximum atomic E-state index is 5.61. The molecular formula is C17H33BrMgO. The van der Waals surface area contributed by atoms with E-state index in [9.17, 15) is 0 Å². The van der Waals surface area contributed by atoms with Crippen LogP contribution in [0.4, 0.5) is 0 Å². The van der Waals surface area contributed by atoms with Gasteiger partial charge in [-0.15, -0.1) is 6.08 Å². The Balaban J connectivity index is -0.00000144. The van der Waals surface area contributed by atoms with Crippen LogP contribution in [0.3, 0.4) is 0 Å². The van der Waals surface area contributed by atoms with Gasteiger partial charge in [-0.05, 0) is 19.3 Å². The molecule has 0 rings (SSSR count). The molecule has 0 unspecified atom stereocenters. The van der Waals surface area contributed by atoms with Gasteiger partial charge >= 0.3 is 23.1 Å². The van der Waals surface area contributed by atoms with Crippen LogP contribution in [0.15, 0.2) is 12.2 Å². The van der Waals surface area contributed by atoms with Crippen LogP contribution < -0.4 is 17.0 Å². The van der Waals surface area contributed by atoms with Crippen LogP contribution in [0.2, 0.25) is 0 Å². The quantitative estimate of drug-likeness (QED) is 0.201. The molecule has 0 aromatic rings. The first kappa shape index (κ1) is 25.9. The SMILES string of the molecule is [Br-].[CH2-]C/C=C/CCCOCCCCCCCCCC.[Mg+2]. The molecule has 116 valence electrons. The molecule has 0 amide bonds. The molecular weight excluding hydrogens is 324 g/mol. The summed E-state index contributed by atoms with van der Waals surface area (Å²) in [6, 6.07) is 0. The Labute approximate surface area is 154 Å². The monoisotopic (exact) mass is 356 g/mol. The molecule has 0 aliphatic carbocycles. The normalized spacial score (nSPS) is 10.3. The van der Waals surface area contributed by atoms with Crippen LogP contribution in [0.1, 0.15) is 77.6 Å². The Morgan fingerprint density at radius 3 is 1.95 bits per heavy atom. The Hall–Kier alpha value is 0.946. The zero-order valence-corrected chi connectivity index (χ0v) is 16.5. The number of allylic oxidation sites excluding steroid dienone is 2. The fourth-order valence-corrected chi connectivity index (χ4v) is 1.98. The summed E-state index contributed by atoms with van der Waals surface area (Å²) in [4.78, 5) is 0. The van der Waals surface area contributed by atoms with E-state index in [2.05, 4.69) is 26.0 Å². The van der Waals surface area contributed by atoms with Gasteiger partial charge in [0.15, 0.2) is 0 Å². The number of hydrogen-bond acceptors (Lipinski definition) is 1. The minimum absolute atomic E-state index is 0. The Bertz CT molecular complexity index is 174. The molecule has 3 heteroatoms. The smallest absolute Gasteiger partial charge is 1.00 e. The Morgan fingerprint density at radius 2 is 1.35 bits per heavy atom. The van der Waals surface area contributed by atoms with Gasteiger partial charge in [0.1, 0.15) is 0 Å². The number of halogens is 1. The van der Waals surface area contributed by atoms with Crippen LogP contribution in [0.5, 0.6) is 0 Å². The summed E-state index contributed by atoms with van der Waals surface area (Å²) in [6.45, 7) is 7.90. The molecule has 0 aliphatic rings. The van der Waals surface area contributed by atoms with E-state index in [1.807, 2.05) is 0 Å². The zero-order valence-electron chi connectivity index (χ0n) is 13.5. The number of unbranched alkanes of at least 4 members (excludes halogenated alkanes) is 8. The van der Waals surface area contributed by atoms with E-state index in [0.717, 1.165) is 32.5 Å². The van der Waals surface area contributed by atoms with Crippen molar-refractivity contribution in [3.63, 3.8) is 0 Å². The average Bonchev–Trinajstić information content (AvgIpc) is 2.39. The molecule has 0 spiro atoms. The van der Waals surface area contributed by atoms with Gasteiger partial charge in [0.2, 0.25) is 0 Å². The van der Waals surface area contributed by atoms with Gasteiger partial charge in [-0.1, -0.05) is 57.9 Å². The van der Waals surface area contributed by atoms with Crippen molar-refractivity contribution in [2.24, 2.45) is 0 Å². The molecule has 0 aliphatic heterocycles. The second-order valence-corrected chi connectivity index (χ2v) is 4.99. The van der Waals surface area contributed by atoms with Crippen molar-refractivity contribution in [3.05, 3.63) is 19.1 Å². The van der Waals surface area contributed by atoms with Crippen molar-refractivity contribution in [3.8, 4) is 0 Å². The van der Waals surface area contributed by atoms with Crippen molar-refractivity contribution in [1.82, 2.24) is 0 Å². The maximum absolute atomic E-state index is 5.61. The zero-order chi connectivity index (χ0) is 13.3. The van der Waals surface area contributed by atoms with Gasteiger partial charge in [0.25, 0.3) is 0 Å². The van der Waals surface area contributed by atoms with Gasteiger partial charge in [0.05, 0.1) is 0 Å². The van der Waals surface area contributed by atoms with E-state index in [0.29, 0.717) is 0 Å². The summed E-state index contributed by atoms with van der Waals surface area (Å²) in [7, 11) is 0. The molecule has 0 N–H and O–H groups in total. The van der Waals surface area contributed by atoms with E-state index in [-0.39, 0.29) is 40.0 Å². The third-order valence-electron chi connectivity index (χ3n) is 3.14. The third kappa shape index (κ3) is 24.0. The summed E-state index contributed by atoms with van der Waals surface area (Å²) in [6.07, 6.45) is 18.5. The van der Waals surface area contributed by atoms with E-state index >= 15 is 0 Å². The summed E-state index contributed by atoms with van der Waals surface area (Å²) in [5.74, 6) is 0. The summed E-state index contributed by atoms with van der Waals surface area (Å²) < 4.78 is 5.61. The maximum Gasteiger partial charge on any atom is 2.00 e. The van der Waals surface area contributed by atoms with Crippen molar-refractivity contribution >= 4 is 23.1 Å². The van der Waals surface area contributed by atoms with Gasteiger partial charge in [0, 0.05) is 13.2 Å². The molecule has 0 bridgehead atoms. The fourth-order valence-electron chi connectivity index (χ4n) is 1.98. The fraction of sp³-hybridized carbons (Fsp3) is 0.824. The first-order valence-corrected chi connectivity index (χ1v) is 7.93. The Morgan fingerprint density at radius 1 is 0.800 bits per heavy atom. The molecule has 0 fully saturated rings. The van der Waals surface area contributed by atoms with E-state index in [1.54, 1.807) is 0 Å². The Kier molecular flexibility index (Phi) is 32.3. The number of ether oxygens (including phenoxy) is 1. The van der Waals surface area contributed by atoms with Crippen LogP contribution in [0.25, 0.3) is 0 Å². The molecule has 20 heavy (non-hydrogen) atoms. The first-order chi connectivity index (χ1) is 8.91. The first-order valence-electron chi connectivity index (χ1n) is 7.93. The summed E-state index contributed by atoms with van der Waals surface area (Å²) >= 11 is 0. The van der Waals surface area contributed by atoms with Crippen molar-refractivity contribution in [1.29, 1.82) is 0 Å². The molecule has 0 saturated heterocycles. The van der Waals surface area contributed by atoms with Crippen molar-refractivity contribution in [2.45, 2.75) is 77.6 Å². The van der Waals surface area contributed by atoms with Crippen LogP contribution in [0, 0.1) is 6.92 Å². The second kappa shape index (κ2) is 24.9. The summed E-state index contributed by atoms with van der Waals surface area (Å²) in [5, 5.41) is 0. The van der Waals surface area contributed by atoms with Crippen LogP contribution >= 0.6 is 0 Å². The minimum atomic E-state index is 0. The molecule has 0 radical (unpaired) electrons. The van der Waals surface area contributed by atoms with Gasteiger partial charge < -0.3 is 28.6 Å². The standard InChI is InChI=1S/C17H33O.BrH.Mg/c1-3-5-7-9-10-11-13-15-17-18-16-14-12-8-6-4-2;;/h6,8H,2-5,7,9-17H2,1H3;1H;/q-1;;+2/p-1/b8-6+;;.